The van der Waals surface area contributed by atoms with Crippen molar-refractivity contribution < 1.29 is 4.79 Å². The summed E-state index contributed by atoms with van der Waals surface area (Å²) >= 11 is 1.52. The Kier molecular flexibility index (Phi) is 2.78. The number of carbonyl (C=O) groups is 1. The number of carbonyl (C=O) groups excluding carboxylic acids is 1. The van der Waals surface area contributed by atoms with E-state index in [-0.39, 0.29) is 11.2 Å². The zero-order chi connectivity index (χ0) is 13.6. The molecule has 0 N–H and O–H groups in total. The van der Waals surface area contributed by atoms with Gasteiger partial charge < -0.3 is 0 Å². The number of hydrogen-bond acceptors (Lipinski definition) is 4. The highest BCUT2D eigenvalue weighted by Gasteiger charge is 2.34. The van der Waals surface area contributed by atoms with E-state index >= 15 is 0 Å². The van der Waals surface area contributed by atoms with Gasteiger partial charge in [0.15, 0.2) is 5.78 Å². The maximum atomic E-state index is 12.2. The smallest absolute Gasteiger partial charge is 0.175 e. The first-order valence-electron chi connectivity index (χ1n) is 6.40. The Balaban J connectivity index is 2.09. The molecule has 0 saturated carbocycles. The molecule has 2 aromatic rings. The standard InChI is InChI=1S/C15H16N2OS/c1-9-8-16-5-4-10(9)14-17-11-6-15(2,3)7-12(18)13(11)19-14/h4-5,8H,6-7H2,1-3H3. The molecule has 0 aromatic carbocycles. The Morgan fingerprint density at radius 1 is 1.32 bits per heavy atom. The molecule has 0 aliphatic heterocycles. The second-order valence-corrected chi connectivity index (χ2v) is 6.93. The van der Waals surface area contributed by atoms with Crippen molar-refractivity contribution in [2.24, 2.45) is 5.41 Å². The first kappa shape index (κ1) is 12.5. The summed E-state index contributed by atoms with van der Waals surface area (Å²) in [6.07, 6.45) is 5.11. The van der Waals surface area contributed by atoms with Crippen LogP contribution in [0.2, 0.25) is 0 Å². The fourth-order valence-corrected chi connectivity index (χ4v) is 3.66. The molecule has 3 nitrogen and oxygen atoms in total. The number of aryl methyl sites for hydroxylation is 1. The molecule has 19 heavy (non-hydrogen) atoms. The molecule has 0 bridgehead atoms. The Morgan fingerprint density at radius 2 is 2.11 bits per heavy atom. The van der Waals surface area contributed by atoms with Gasteiger partial charge in [0.1, 0.15) is 5.01 Å². The van der Waals surface area contributed by atoms with Gasteiger partial charge in [0.25, 0.3) is 0 Å². The Labute approximate surface area is 116 Å². The van der Waals surface area contributed by atoms with E-state index in [1.807, 2.05) is 19.2 Å². The lowest BCUT2D eigenvalue weighted by molar-refractivity contribution is 0.0916. The van der Waals surface area contributed by atoms with Crippen molar-refractivity contribution in [3.05, 3.63) is 34.6 Å². The van der Waals surface area contributed by atoms with Crippen molar-refractivity contribution >= 4 is 17.1 Å². The van der Waals surface area contributed by atoms with Crippen LogP contribution >= 0.6 is 11.3 Å². The molecule has 0 fully saturated rings. The minimum Gasteiger partial charge on any atom is -0.293 e. The molecule has 0 unspecified atom stereocenters. The van der Waals surface area contributed by atoms with Gasteiger partial charge in [-0.3, -0.25) is 9.78 Å². The molecule has 0 atom stereocenters. The van der Waals surface area contributed by atoms with Gasteiger partial charge in [0.05, 0.1) is 10.6 Å². The first-order chi connectivity index (χ1) is 8.96. The minimum absolute atomic E-state index is 0.0305. The van der Waals surface area contributed by atoms with Gasteiger partial charge in [-0.25, -0.2) is 4.98 Å². The number of thiazole rings is 1. The Morgan fingerprint density at radius 3 is 2.84 bits per heavy atom. The van der Waals surface area contributed by atoms with Crippen LogP contribution in [0.15, 0.2) is 18.5 Å². The van der Waals surface area contributed by atoms with Crippen molar-refractivity contribution in [3.8, 4) is 10.6 Å². The van der Waals surface area contributed by atoms with E-state index < -0.39 is 0 Å². The summed E-state index contributed by atoms with van der Waals surface area (Å²) in [7, 11) is 0. The summed E-state index contributed by atoms with van der Waals surface area (Å²) in [5, 5.41) is 0.941. The number of hydrogen-bond donors (Lipinski definition) is 0. The molecule has 1 aliphatic rings. The van der Waals surface area contributed by atoms with Crippen molar-refractivity contribution in [2.45, 2.75) is 33.6 Å². The van der Waals surface area contributed by atoms with Crippen LogP contribution in [0.4, 0.5) is 0 Å². The second-order valence-electron chi connectivity index (χ2n) is 5.93. The number of nitrogens with zero attached hydrogens (tertiary/aromatic N) is 2. The van der Waals surface area contributed by atoms with E-state index in [9.17, 15) is 4.79 Å². The maximum absolute atomic E-state index is 12.2. The average molecular weight is 272 g/mol. The summed E-state index contributed by atoms with van der Waals surface area (Å²) in [6.45, 7) is 6.28. The molecule has 1 aliphatic carbocycles. The Hall–Kier alpha value is -1.55. The van der Waals surface area contributed by atoms with E-state index in [2.05, 4.69) is 18.8 Å². The zero-order valence-corrected chi connectivity index (χ0v) is 12.2. The summed E-state index contributed by atoms with van der Waals surface area (Å²) in [5.74, 6) is 0.238. The molecule has 0 saturated heterocycles. The lowest BCUT2D eigenvalue weighted by Crippen LogP contribution is -2.25. The van der Waals surface area contributed by atoms with Gasteiger partial charge in [-0.1, -0.05) is 13.8 Å². The van der Waals surface area contributed by atoms with Crippen LogP contribution in [-0.2, 0) is 6.42 Å². The van der Waals surface area contributed by atoms with Gasteiger partial charge in [0, 0.05) is 24.4 Å². The van der Waals surface area contributed by atoms with Gasteiger partial charge in [-0.05, 0) is 30.4 Å². The molecule has 98 valence electrons. The normalized spacial score (nSPS) is 17.3. The average Bonchev–Trinajstić information content (AvgIpc) is 2.71. The lowest BCUT2D eigenvalue weighted by Gasteiger charge is -2.26. The Bertz CT molecular complexity index is 658. The van der Waals surface area contributed by atoms with Crippen LogP contribution in [0.3, 0.4) is 0 Å². The number of ketones is 1. The number of rotatable bonds is 1. The van der Waals surface area contributed by atoms with E-state index in [1.54, 1.807) is 6.20 Å². The molecular formula is C15H16N2OS. The SMILES string of the molecule is Cc1cnccc1-c1nc2c(s1)C(=O)CC(C)(C)C2. The van der Waals surface area contributed by atoms with Crippen LogP contribution in [0.5, 0.6) is 0 Å². The number of aromatic nitrogens is 2. The van der Waals surface area contributed by atoms with Gasteiger partial charge >= 0.3 is 0 Å². The van der Waals surface area contributed by atoms with Crippen LogP contribution < -0.4 is 0 Å². The summed E-state index contributed by atoms with van der Waals surface area (Å²) in [5.41, 5.74) is 3.18. The van der Waals surface area contributed by atoms with Crippen molar-refractivity contribution in [1.29, 1.82) is 0 Å². The van der Waals surface area contributed by atoms with Crippen molar-refractivity contribution in [2.75, 3.05) is 0 Å². The lowest BCUT2D eigenvalue weighted by atomic mass is 9.78. The number of Topliss-reactive ketones (excluding diaryl/α,β-unsaturated/α-hetero) is 1. The third kappa shape index (κ3) is 2.21. The van der Waals surface area contributed by atoms with Gasteiger partial charge in [-0.15, -0.1) is 11.3 Å². The summed E-state index contributed by atoms with van der Waals surface area (Å²) in [6, 6.07) is 1.97. The quantitative estimate of drug-likeness (QED) is 0.795. The van der Waals surface area contributed by atoms with Crippen LogP contribution in [0.1, 0.15) is 41.2 Å². The van der Waals surface area contributed by atoms with E-state index in [0.717, 1.165) is 33.1 Å². The highest BCUT2D eigenvalue weighted by molar-refractivity contribution is 7.17. The van der Waals surface area contributed by atoms with E-state index in [0.29, 0.717) is 6.42 Å². The topological polar surface area (TPSA) is 42.9 Å². The molecule has 2 heterocycles. The molecule has 3 rings (SSSR count). The molecule has 0 spiro atoms. The first-order valence-corrected chi connectivity index (χ1v) is 7.22. The predicted molar refractivity (Wildman–Crippen MR) is 76.5 cm³/mol. The van der Waals surface area contributed by atoms with Crippen LogP contribution in [0.25, 0.3) is 10.6 Å². The molecule has 0 radical (unpaired) electrons. The van der Waals surface area contributed by atoms with E-state index in [1.165, 1.54) is 11.3 Å². The zero-order valence-electron chi connectivity index (χ0n) is 11.4. The fourth-order valence-electron chi connectivity index (χ4n) is 2.55. The fraction of sp³-hybridized carbons (Fsp3) is 0.400. The molecule has 0 amide bonds. The number of fused-ring (bicyclic) bond motifs is 1. The summed E-state index contributed by atoms with van der Waals surface area (Å²) in [4.78, 5) is 21.8. The molecule has 2 aromatic heterocycles. The number of pyridine rings is 1. The second kappa shape index (κ2) is 4.23. The molecular weight excluding hydrogens is 256 g/mol. The van der Waals surface area contributed by atoms with Crippen LogP contribution in [0, 0.1) is 12.3 Å². The largest absolute Gasteiger partial charge is 0.293 e. The van der Waals surface area contributed by atoms with E-state index in [4.69, 9.17) is 4.98 Å². The summed E-state index contributed by atoms with van der Waals surface area (Å²) < 4.78 is 0. The highest BCUT2D eigenvalue weighted by atomic mass is 32.1. The maximum Gasteiger partial charge on any atom is 0.175 e. The third-order valence-electron chi connectivity index (χ3n) is 3.49. The third-order valence-corrected chi connectivity index (χ3v) is 4.66. The van der Waals surface area contributed by atoms with Gasteiger partial charge in [0.2, 0.25) is 0 Å². The highest BCUT2D eigenvalue weighted by Crippen LogP contribution is 2.39. The minimum atomic E-state index is 0.0305. The van der Waals surface area contributed by atoms with Crippen molar-refractivity contribution in [3.63, 3.8) is 0 Å². The van der Waals surface area contributed by atoms with Crippen molar-refractivity contribution in [1.82, 2.24) is 9.97 Å². The van der Waals surface area contributed by atoms with Crippen LogP contribution in [-0.4, -0.2) is 15.8 Å². The molecule has 4 heteroatoms. The van der Waals surface area contributed by atoms with Gasteiger partial charge in [-0.2, -0.15) is 0 Å². The predicted octanol–water partition coefficient (Wildman–Crippen LogP) is 3.67. The monoisotopic (exact) mass is 272 g/mol.